The summed E-state index contributed by atoms with van der Waals surface area (Å²) in [6, 6.07) is 9.27. The molecule has 2 heterocycles. The van der Waals surface area contributed by atoms with E-state index in [9.17, 15) is 19.5 Å². The smallest absolute Gasteiger partial charge is 0.351 e. The van der Waals surface area contributed by atoms with Crippen LogP contribution in [0.15, 0.2) is 48.8 Å². The van der Waals surface area contributed by atoms with Crippen LogP contribution in [0.5, 0.6) is 0 Å². The number of aromatic nitrogens is 1. The summed E-state index contributed by atoms with van der Waals surface area (Å²) in [6.07, 6.45) is 6.16. The number of nitrogens with zero attached hydrogens (tertiary/aromatic N) is 1. The van der Waals surface area contributed by atoms with Crippen molar-refractivity contribution in [1.29, 1.82) is 0 Å². The first-order valence-corrected chi connectivity index (χ1v) is 12.9. The first-order chi connectivity index (χ1) is 17.3. The summed E-state index contributed by atoms with van der Waals surface area (Å²) in [6.45, 7) is 0. The molecule has 0 spiro atoms. The van der Waals surface area contributed by atoms with Crippen LogP contribution in [0.3, 0.4) is 0 Å². The zero-order valence-electron chi connectivity index (χ0n) is 19.0. The highest BCUT2D eigenvalue weighted by Gasteiger charge is 2.34. The van der Waals surface area contributed by atoms with Gasteiger partial charge in [-0.15, -0.1) is 11.3 Å². The maximum atomic E-state index is 13.2. The predicted molar refractivity (Wildman–Crippen MR) is 140 cm³/mol. The van der Waals surface area contributed by atoms with E-state index in [0.29, 0.717) is 17.7 Å². The zero-order chi connectivity index (χ0) is 25.7. The summed E-state index contributed by atoms with van der Waals surface area (Å²) in [5.74, 6) is -2.24. The number of thiophene rings is 1. The summed E-state index contributed by atoms with van der Waals surface area (Å²) in [7, 11) is 0. The number of carboxylic acids is 1. The van der Waals surface area contributed by atoms with Crippen molar-refractivity contribution in [2.24, 2.45) is 5.92 Å². The van der Waals surface area contributed by atoms with Gasteiger partial charge in [-0.05, 0) is 48.7 Å². The Labute approximate surface area is 221 Å². The third-order valence-electron chi connectivity index (χ3n) is 5.89. The van der Waals surface area contributed by atoms with Crippen LogP contribution in [0.25, 0.3) is 10.4 Å². The molecule has 2 aromatic heterocycles. The molecule has 4 rings (SSSR count). The van der Waals surface area contributed by atoms with E-state index in [1.807, 2.05) is 0 Å². The Morgan fingerprint density at radius 2 is 1.69 bits per heavy atom. The number of hydrogen-bond acceptors (Lipinski definition) is 6. The van der Waals surface area contributed by atoms with Gasteiger partial charge >= 0.3 is 18.0 Å². The lowest BCUT2D eigenvalue weighted by molar-refractivity contribution is -0.151. The Kier molecular flexibility index (Phi) is 8.45. The topological polar surface area (TPSA) is 118 Å². The Morgan fingerprint density at radius 1 is 1.03 bits per heavy atom. The summed E-state index contributed by atoms with van der Waals surface area (Å²) in [4.78, 5) is 42.7. The van der Waals surface area contributed by atoms with Crippen molar-refractivity contribution in [2.45, 2.75) is 38.2 Å². The molecular weight excluding hydrogens is 525 g/mol. The highest BCUT2D eigenvalue weighted by Crippen LogP contribution is 2.37. The van der Waals surface area contributed by atoms with Crippen LogP contribution in [0.1, 0.15) is 41.8 Å². The number of rotatable bonds is 7. The molecule has 8 nitrogen and oxygen atoms in total. The summed E-state index contributed by atoms with van der Waals surface area (Å²) >= 11 is 13.4. The van der Waals surface area contributed by atoms with Crippen LogP contribution < -0.4 is 10.6 Å². The third kappa shape index (κ3) is 6.16. The number of para-hydroxylation sites is 1. The van der Waals surface area contributed by atoms with E-state index in [1.165, 1.54) is 0 Å². The van der Waals surface area contributed by atoms with Crippen LogP contribution in [-0.2, 0) is 9.53 Å². The van der Waals surface area contributed by atoms with E-state index in [1.54, 1.807) is 48.8 Å². The molecule has 3 aromatic rings. The fourth-order valence-corrected chi connectivity index (χ4v) is 5.63. The van der Waals surface area contributed by atoms with Gasteiger partial charge in [-0.2, -0.15) is 0 Å². The lowest BCUT2D eigenvalue weighted by Gasteiger charge is -2.27. The molecule has 11 heteroatoms. The maximum absolute atomic E-state index is 13.2. The minimum atomic E-state index is -1.26. The van der Waals surface area contributed by atoms with Crippen LogP contribution in [0.4, 0.5) is 16.2 Å². The first-order valence-electron chi connectivity index (χ1n) is 11.3. The van der Waals surface area contributed by atoms with Gasteiger partial charge in [-0.1, -0.05) is 48.5 Å². The number of amides is 2. The molecule has 1 fully saturated rings. The van der Waals surface area contributed by atoms with Crippen LogP contribution >= 0.6 is 34.5 Å². The molecule has 0 bridgehead atoms. The first kappa shape index (κ1) is 25.9. The Morgan fingerprint density at radius 3 is 2.33 bits per heavy atom. The number of urea groups is 1. The lowest BCUT2D eigenvalue weighted by atomic mass is 9.85. The predicted octanol–water partition coefficient (Wildman–Crippen LogP) is 6.95. The molecule has 1 aliphatic rings. The molecule has 1 aromatic carbocycles. The molecule has 1 atom stereocenters. The van der Waals surface area contributed by atoms with Gasteiger partial charge in [-0.3, -0.25) is 4.98 Å². The average molecular weight is 548 g/mol. The highest BCUT2D eigenvalue weighted by atomic mass is 35.5. The van der Waals surface area contributed by atoms with E-state index in [-0.39, 0.29) is 32.2 Å². The molecule has 0 saturated heterocycles. The zero-order valence-corrected chi connectivity index (χ0v) is 21.3. The number of nitrogens with one attached hydrogen (secondary N) is 2. The van der Waals surface area contributed by atoms with Crippen molar-refractivity contribution in [3.05, 3.63) is 63.7 Å². The lowest BCUT2D eigenvalue weighted by Crippen LogP contribution is -2.35. The van der Waals surface area contributed by atoms with E-state index in [4.69, 9.17) is 27.9 Å². The molecular formula is C25H23Cl2N3O5S. The number of ether oxygens (including phenoxy) is 1. The number of halogens is 2. The molecule has 1 aliphatic carbocycles. The monoisotopic (exact) mass is 547 g/mol. The minimum Gasteiger partial charge on any atom is -0.478 e. The Bertz CT molecular complexity index is 1240. The average Bonchev–Trinajstić information content (AvgIpc) is 3.29. The number of esters is 1. The van der Waals surface area contributed by atoms with Crippen molar-refractivity contribution in [3.63, 3.8) is 0 Å². The van der Waals surface area contributed by atoms with Gasteiger partial charge in [0.25, 0.3) is 0 Å². The Hall–Kier alpha value is -3.14. The van der Waals surface area contributed by atoms with Crippen molar-refractivity contribution >= 4 is 63.9 Å². The van der Waals surface area contributed by atoms with Crippen LogP contribution in [-0.4, -0.2) is 34.2 Å². The standard InChI is InChI=1S/C25H23Cl2N3O5S/c26-16-7-4-8-17(27)20(16)30-25(34)29-18-13-19(14-9-11-28-12-10-14)36-22(18)24(33)35-21(23(31)32)15-5-2-1-3-6-15/h4,7-13,15,21H,1-3,5-6H2,(H,31,32)(H2,29,30,34)/t21-/m0/s1. The quantitative estimate of drug-likeness (QED) is 0.275. The van der Waals surface area contributed by atoms with Gasteiger partial charge in [0.2, 0.25) is 6.10 Å². The second kappa shape index (κ2) is 11.7. The van der Waals surface area contributed by atoms with E-state index < -0.39 is 24.1 Å². The molecule has 188 valence electrons. The van der Waals surface area contributed by atoms with Crippen molar-refractivity contribution in [2.75, 3.05) is 10.6 Å². The van der Waals surface area contributed by atoms with Crippen molar-refractivity contribution in [1.82, 2.24) is 4.98 Å². The number of pyridine rings is 1. The fourth-order valence-electron chi connectivity index (χ4n) is 4.13. The van der Waals surface area contributed by atoms with Gasteiger partial charge in [0.1, 0.15) is 4.88 Å². The Balaban J connectivity index is 1.61. The minimum absolute atomic E-state index is 0.0734. The number of carboxylic acid groups (broad SMARTS) is 1. The van der Waals surface area contributed by atoms with Gasteiger partial charge in [-0.25, -0.2) is 14.4 Å². The molecule has 3 N–H and O–H groups in total. The highest BCUT2D eigenvalue weighted by molar-refractivity contribution is 7.18. The van der Waals surface area contributed by atoms with E-state index >= 15 is 0 Å². The second-order valence-electron chi connectivity index (χ2n) is 8.33. The van der Waals surface area contributed by atoms with Gasteiger partial charge in [0.05, 0.1) is 21.4 Å². The number of carbonyl (C=O) groups is 3. The molecule has 2 amide bonds. The number of anilines is 2. The maximum Gasteiger partial charge on any atom is 0.351 e. The molecule has 0 aliphatic heterocycles. The van der Waals surface area contributed by atoms with Crippen LogP contribution in [0, 0.1) is 5.92 Å². The normalized spacial score (nSPS) is 14.6. The largest absolute Gasteiger partial charge is 0.478 e. The third-order valence-corrected chi connectivity index (χ3v) is 7.68. The molecule has 0 unspecified atom stereocenters. The summed E-state index contributed by atoms with van der Waals surface area (Å²) in [5.41, 5.74) is 1.16. The van der Waals surface area contributed by atoms with Crippen molar-refractivity contribution < 1.29 is 24.2 Å². The molecule has 0 radical (unpaired) electrons. The number of carbonyl (C=O) groups excluding carboxylic acids is 2. The summed E-state index contributed by atoms with van der Waals surface area (Å²) in [5, 5.41) is 15.5. The molecule has 36 heavy (non-hydrogen) atoms. The number of benzene rings is 1. The van der Waals surface area contributed by atoms with Crippen LogP contribution in [0.2, 0.25) is 10.0 Å². The van der Waals surface area contributed by atoms with E-state index in [2.05, 4.69) is 15.6 Å². The van der Waals surface area contributed by atoms with Crippen molar-refractivity contribution in [3.8, 4) is 10.4 Å². The number of aliphatic carboxylic acids is 1. The van der Waals surface area contributed by atoms with Gasteiger partial charge in [0.15, 0.2) is 0 Å². The SMILES string of the molecule is O=C(Nc1cc(-c2ccncc2)sc1C(=O)O[C@H](C(=O)O)C1CCCCC1)Nc1c(Cl)cccc1Cl. The molecule has 1 saturated carbocycles. The van der Waals surface area contributed by atoms with Gasteiger partial charge < -0.3 is 20.5 Å². The van der Waals surface area contributed by atoms with E-state index in [0.717, 1.165) is 36.2 Å². The number of hydrogen-bond donors (Lipinski definition) is 3. The summed E-state index contributed by atoms with van der Waals surface area (Å²) < 4.78 is 5.51. The van der Waals surface area contributed by atoms with Gasteiger partial charge in [0, 0.05) is 23.2 Å². The fraction of sp³-hybridized carbons (Fsp3) is 0.280. The second-order valence-corrected chi connectivity index (χ2v) is 10.2.